The lowest BCUT2D eigenvalue weighted by Crippen LogP contribution is -2.66. The Morgan fingerprint density at radius 3 is 2.28 bits per heavy atom. The van der Waals surface area contributed by atoms with Gasteiger partial charge in [0.25, 0.3) is 5.69 Å². The number of ether oxygens (including phenoxy) is 1. The summed E-state index contributed by atoms with van der Waals surface area (Å²) in [4.78, 5) is 51.8. The predicted molar refractivity (Wildman–Crippen MR) is 177 cm³/mol. The zero-order valence-electron chi connectivity index (χ0n) is 29.0. The molecule has 0 unspecified atom stereocenters. The van der Waals surface area contributed by atoms with E-state index >= 15 is 0 Å². The van der Waals surface area contributed by atoms with Gasteiger partial charge in [-0.15, -0.1) is 0 Å². The molecule has 0 spiro atoms. The van der Waals surface area contributed by atoms with Crippen LogP contribution in [-0.2, 0) is 19.1 Å². The number of benzene rings is 1. The van der Waals surface area contributed by atoms with E-state index in [2.05, 4.69) is 46.9 Å². The summed E-state index contributed by atoms with van der Waals surface area (Å²) >= 11 is 0. The smallest absolute Gasteiger partial charge is 0.302 e. The van der Waals surface area contributed by atoms with Crippen molar-refractivity contribution in [3.63, 3.8) is 0 Å². The Balaban J connectivity index is 1.35. The van der Waals surface area contributed by atoms with E-state index < -0.39 is 10.3 Å². The second-order valence-electron chi connectivity index (χ2n) is 17.4. The SMILES string of the molecule is CC(=O)O[C@@H]1CC[C@]2(C)[C@H](CC[C@]3(C)[C@@H]2C(=O)C=C2[C@H]4C[C@@](C)(C(=O)Nc5ccccc5[N+](=O)[O-])CC[C@]4(C)CC[C@@]23C)C1(C)C. The molecular weight excluding hydrogens is 580 g/mol. The molecule has 46 heavy (non-hydrogen) atoms. The summed E-state index contributed by atoms with van der Waals surface area (Å²) in [7, 11) is 0. The van der Waals surface area contributed by atoms with Crippen molar-refractivity contribution in [2.75, 3.05) is 5.32 Å². The number of hydrogen-bond acceptors (Lipinski definition) is 6. The Hall–Kier alpha value is -3.03. The van der Waals surface area contributed by atoms with Crippen molar-refractivity contribution in [2.45, 2.75) is 119 Å². The van der Waals surface area contributed by atoms with E-state index in [1.807, 2.05) is 13.0 Å². The fourth-order valence-corrected chi connectivity index (χ4v) is 11.8. The fraction of sp³-hybridized carbons (Fsp3) is 0.711. The minimum absolute atomic E-state index is 0.0153. The maximum atomic E-state index is 14.7. The highest BCUT2D eigenvalue weighted by molar-refractivity contribution is 5.98. The summed E-state index contributed by atoms with van der Waals surface area (Å²) in [5.74, 6) is 0.0107. The molecule has 1 N–H and O–H groups in total. The Morgan fingerprint density at radius 2 is 1.61 bits per heavy atom. The lowest BCUT2D eigenvalue weighted by molar-refractivity contribution is -0.383. The van der Waals surface area contributed by atoms with Crippen LogP contribution in [0.2, 0.25) is 0 Å². The van der Waals surface area contributed by atoms with Crippen LogP contribution in [0.5, 0.6) is 0 Å². The first kappa shape index (κ1) is 32.9. The number of nitro groups is 1. The van der Waals surface area contributed by atoms with E-state index in [1.165, 1.54) is 18.6 Å². The third-order valence-electron chi connectivity index (χ3n) is 14.7. The monoisotopic (exact) mass is 632 g/mol. The molecule has 0 saturated heterocycles. The van der Waals surface area contributed by atoms with Gasteiger partial charge in [0.2, 0.25) is 5.91 Å². The van der Waals surface area contributed by atoms with Gasteiger partial charge < -0.3 is 10.1 Å². The number of para-hydroxylation sites is 2. The van der Waals surface area contributed by atoms with Crippen LogP contribution in [0.1, 0.15) is 113 Å². The van der Waals surface area contributed by atoms with Gasteiger partial charge in [-0.05, 0) is 103 Å². The van der Waals surface area contributed by atoms with E-state index in [0.29, 0.717) is 12.8 Å². The number of anilines is 1. The molecule has 0 aromatic heterocycles. The number of nitrogens with zero attached hydrogens (tertiary/aromatic N) is 1. The number of carbonyl (C=O) groups excluding carboxylic acids is 3. The Morgan fingerprint density at radius 1 is 0.935 bits per heavy atom. The molecule has 0 aliphatic heterocycles. The van der Waals surface area contributed by atoms with Gasteiger partial charge in [-0.25, -0.2) is 0 Å². The number of hydrogen-bond donors (Lipinski definition) is 1. The van der Waals surface area contributed by atoms with Crippen LogP contribution in [0.15, 0.2) is 35.9 Å². The Labute approximate surface area is 273 Å². The molecule has 9 atom stereocenters. The molecule has 8 heteroatoms. The van der Waals surface area contributed by atoms with Crippen LogP contribution in [0, 0.1) is 60.4 Å². The molecular formula is C38H52N2O6. The van der Waals surface area contributed by atoms with Gasteiger partial charge in [0.05, 0.1) is 4.92 Å². The summed E-state index contributed by atoms with van der Waals surface area (Å²) in [6.07, 6.45) is 9.65. The first-order chi connectivity index (χ1) is 21.3. The first-order valence-electron chi connectivity index (χ1n) is 17.3. The lowest BCUT2D eigenvalue weighted by Gasteiger charge is -2.70. The average molecular weight is 633 g/mol. The number of fused-ring (bicyclic) bond motifs is 7. The molecule has 5 aliphatic rings. The van der Waals surface area contributed by atoms with Gasteiger partial charge in [-0.2, -0.15) is 0 Å². The topological polar surface area (TPSA) is 116 Å². The summed E-state index contributed by atoms with van der Waals surface area (Å²) in [6.45, 7) is 17.4. The second kappa shape index (κ2) is 10.5. The number of rotatable bonds is 4. The highest BCUT2D eigenvalue weighted by Gasteiger charge is 2.70. The molecule has 1 amide bonds. The number of ketones is 1. The zero-order chi connectivity index (χ0) is 33.7. The van der Waals surface area contributed by atoms with Gasteiger partial charge in [-0.3, -0.25) is 24.5 Å². The third-order valence-corrected chi connectivity index (χ3v) is 14.7. The van der Waals surface area contributed by atoms with Crippen molar-refractivity contribution >= 4 is 29.0 Å². The normalized spacial score (nSPS) is 42.7. The minimum Gasteiger partial charge on any atom is -0.462 e. The Kier molecular flexibility index (Phi) is 7.50. The van der Waals surface area contributed by atoms with E-state index in [9.17, 15) is 24.5 Å². The van der Waals surface area contributed by atoms with Crippen LogP contribution >= 0.6 is 0 Å². The average Bonchev–Trinajstić information content (AvgIpc) is 2.96. The predicted octanol–water partition coefficient (Wildman–Crippen LogP) is 8.45. The van der Waals surface area contributed by atoms with Gasteiger partial charge in [0.15, 0.2) is 5.78 Å². The highest BCUT2D eigenvalue weighted by atomic mass is 16.6. The molecule has 250 valence electrons. The fourth-order valence-electron chi connectivity index (χ4n) is 11.8. The molecule has 6 rings (SSSR count). The number of carbonyl (C=O) groups is 3. The lowest BCUT2D eigenvalue weighted by atomic mass is 9.33. The molecule has 0 radical (unpaired) electrons. The maximum absolute atomic E-state index is 14.7. The summed E-state index contributed by atoms with van der Waals surface area (Å²) in [5.41, 5.74) is -0.263. The van der Waals surface area contributed by atoms with Crippen LogP contribution in [0.4, 0.5) is 11.4 Å². The van der Waals surface area contributed by atoms with Gasteiger partial charge in [0, 0.05) is 29.7 Å². The number of allylic oxidation sites excluding steroid dienone is 2. The second-order valence-corrected chi connectivity index (χ2v) is 17.4. The van der Waals surface area contributed by atoms with Gasteiger partial charge in [-0.1, -0.05) is 66.2 Å². The van der Waals surface area contributed by atoms with E-state index in [1.54, 1.807) is 18.2 Å². The van der Waals surface area contributed by atoms with E-state index in [0.717, 1.165) is 44.9 Å². The molecule has 8 nitrogen and oxygen atoms in total. The van der Waals surface area contributed by atoms with Gasteiger partial charge in [0.1, 0.15) is 11.8 Å². The number of nitrogens with one attached hydrogen (secondary N) is 1. The number of amides is 1. The van der Waals surface area contributed by atoms with Crippen molar-refractivity contribution in [1.29, 1.82) is 0 Å². The van der Waals surface area contributed by atoms with Crippen molar-refractivity contribution in [1.82, 2.24) is 0 Å². The standard InChI is InChI=1S/C38H52N2O6/c1-23(41)46-30-14-15-36(6)29(33(30,2)3)13-16-38(8)31(36)28(42)21-24-25-22-35(5,18-17-34(25,4)19-20-37(24,38)7)32(43)39-26-11-9-10-12-27(26)40(44)45/h9-12,21,25,29-31H,13-20,22H2,1-8H3,(H,39,43)/t25-,29-,30-,31-,34-,35+,36-,37+,38-/m1/s1. The quantitative estimate of drug-likeness (QED) is 0.202. The van der Waals surface area contributed by atoms with Crippen LogP contribution in [0.25, 0.3) is 0 Å². The van der Waals surface area contributed by atoms with Crippen molar-refractivity contribution in [3.05, 3.63) is 46.0 Å². The molecule has 4 saturated carbocycles. The number of esters is 1. The van der Waals surface area contributed by atoms with Crippen LogP contribution < -0.4 is 5.32 Å². The first-order valence-corrected chi connectivity index (χ1v) is 17.3. The largest absolute Gasteiger partial charge is 0.462 e. The van der Waals surface area contributed by atoms with Crippen molar-refractivity contribution in [3.8, 4) is 0 Å². The minimum atomic E-state index is -0.726. The molecule has 0 heterocycles. The Bertz CT molecular complexity index is 1530. The van der Waals surface area contributed by atoms with E-state index in [-0.39, 0.29) is 80.0 Å². The van der Waals surface area contributed by atoms with Crippen molar-refractivity contribution < 1.29 is 24.0 Å². The van der Waals surface area contributed by atoms with Crippen LogP contribution in [0.3, 0.4) is 0 Å². The third kappa shape index (κ3) is 4.55. The molecule has 5 aliphatic carbocycles. The van der Waals surface area contributed by atoms with Crippen LogP contribution in [-0.4, -0.2) is 28.7 Å². The highest BCUT2D eigenvalue weighted by Crippen LogP contribution is 2.75. The molecule has 1 aromatic rings. The summed E-state index contributed by atoms with van der Waals surface area (Å²) in [5, 5.41) is 14.6. The molecule has 4 fully saturated rings. The van der Waals surface area contributed by atoms with Gasteiger partial charge >= 0.3 is 5.97 Å². The van der Waals surface area contributed by atoms with E-state index in [4.69, 9.17) is 4.74 Å². The van der Waals surface area contributed by atoms with Crippen molar-refractivity contribution in [2.24, 2.45) is 50.2 Å². The summed E-state index contributed by atoms with van der Waals surface area (Å²) < 4.78 is 5.86. The zero-order valence-corrected chi connectivity index (χ0v) is 29.0. The molecule has 0 bridgehead atoms. The molecule has 1 aromatic carbocycles. The maximum Gasteiger partial charge on any atom is 0.302 e. The number of nitro benzene ring substituents is 1. The summed E-state index contributed by atoms with van der Waals surface area (Å²) in [6, 6.07) is 6.30.